The fraction of sp³-hybridized carbons (Fsp3) is 0.333. The molecule has 0 N–H and O–H groups in total. The quantitative estimate of drug-likeness (QED) is 0.715. The zero-order chi connectivity index (χ0) is 13.4. The number of hydrogen-bond acceptors (Lipinski definition) is 4. The number of benzene rings is 1. The smallest absolute Gasteiger partial charge is 0.181 e. The highest BCUT2D eigenvalue weighted by Crippen LogP contribution is 2.27. The average molecular weight is 269 g/mol. The maximum Gasteiger partial charge on any atom is 0.181 e. The molecule has 3 aromatic rings. The lowest BCUT2D eigenvalue weighted by atomic mass is 10.1. The molecule has 1 aliphatic rings. The fourth-order valence-corrected chi connectivity index (χ4v) is 2.61. The molecule has 0 bridgehead atoms. The number of nitrogens with zero attached hydrogens (tertiary/aromatic N) is 3. The standard InChI is InChI=1S/C15H15N3O2/c1-2-6-19-15(3-1)18-9-12(8-17-18)11-4-5-14-13(7-11)16-10-20-14/h4-5,7-10,15H,1-3,6H2. The van der Waals surface area contributed by atoms with Crippen LogP contribution in [-0.4, -0.2) is 21.4 Å². The normalized spacial score (nSPS) is 19.5. The van der Waals surface area contributed by atoms with E-state index in [-0.39, 0.29) is 6.23 Å². The molecule has 0 saturated carbocycles. The van der Waals surface area contributed by atoms with Crippen LogP contribution >= 0.6 is 0 Å². The van der Waals surface area contributed by atoms with Gasteiger partial charge in [0.05, 0.1) is 6.20 Å². The van der Waals surface area contributed by atoms with Crippen LogP contribution in [0.25, 0.3) is 22.2 Å². The van der Waals surface area contributed by atoms with Crippen molar-refractivity contribution in [3.8, 4) is 11.1 Å². The van der Waals surface area contributed by atoms with E-state index in [4.69, 9.17) is 9.15 Å². The first-order chi connectivity index (χ1) is 9.90. The predicted molar refractivity (Wildman–Crippen MR) is 74.1 cm³/mol. The second-order valence-corrected chi connectivity index (χ2v) is 5.07. The van der Waals surface area contributed by atoms with Crippen molar-refractivity contribution in [2.45, 2.75) is 25.5 Å². The van der Waals surface area contributed by atoms with E-state index in [1.54, 1.807) is 0 Å². The molecule has 1 saturated heterocycles. The maximum absolute atomic E-state index is 5.74. The van der Waals surface area contributed by atoms with Crippen molar-refractivity contribution in [1.29, 1.82) is 0 Å². The minimum atomic E-state index is 0.0771. The summed E-state index contributed by atoms with van der Waals surface area (Å²) in [7, 11) is 0. The third-order valence-electron chi connectivity index (χ3n) is 3.72. The highest BCUT2D eigenvalue weighted by Gasteiger charge is 2.16. The third-order valence-corrected chi connectivity index (χ3v) is 3.72. The second-order valence-electron chi connectivity index (χ2n) is 5.07. The van der Waals surface area contributed by atoms with E-state index in [1.807, 2.05) is 35.3 Å². The van der Waals surface area contributed by atoms with Crippen LogP contribution in [0, 0.1) is 0 Å². The van der Waals surface area contributed by atoms with Gasteiger partial charge in [0.15, 0.2) is 12.0 Å². The van der Waals surface area contributed by atoms with Crippen LogP contribution in [0.15, 0.2) is 41.4 Å². The Morgan fingerprint density at radius 1 is 1.20 bits per heavy atom. The van der Waals surface area contributed by atoms with Gasteiger partial charge in [0.1, 0.15) is 11.7 Å². The number of aromatic nitrogens is 3. The number of oxazole rings is 1. The van der Waals surface area contributed by atoms with Gasteiger partial charge in [-0.3, -0.25) is 0 Å². The molecule has 102 valence electrons. The minimum absolute atomic E-state index is 0.0771. The van der Waals surface area contributed by atoms with E-state index in [9.17, 15) is 0 Å². The van der Waals surface area contributed by atoms with Crippen LogP contribution in [0.2, 0.25) is 0 Å². The zero-order valence-electron chi connectivity index (χ0n) is 11.0. The van der Waals surface area contributed by atoms with Crippen LogP contribution in [0.3, 0.4) is 0 Å². The van der Waals surface area contributed by atoms with E-state index < -0.39 is 0 Å². The molecule has 1 unspecified atom stereocenters. The first-order valence-corrected chi connectivity index (χ1v) is 6.89. The first kappa shape index (κ1) is 11.7. The molecule has 1 aliphatic heterocycles. The molecule has 0 radical (unpaired) electrons. The molecule has 1 aromatic carbocycles. The molecule has 20 heavy (non-hydrogen) atoms. The molecular weight excluding hydrogens is 254 g/mol. The summed E-state index contributed by atoms with van der Waals surface area (Å²) in [5, 5.41) is 4.43. The van der Waals surface area contributed by atoms with Gasteiger partial charge in [-0.1, -0.05) is 6.07 Å². The molecule has 4 rings (SSSR count). The number of hydrogen-bond donors (Lipinski definition) is 0. The summed E-state index contributed by atoms with van der Waals surface area (Å²) < 4.78 is 12.9. The molecule has 5 heteroatoms. The summed E-state index contributed by atoms with van der Waals surface area (Å²) in [5.74, 6) is 0. The van der Waals surface area contributed by atoms with Gasteiger partial charge in [-0.15, -0.1) is 0 Å². The van der Waals surface area contributed by atoms with Crippen LogP contribution in [0.4, 0.5) is 0 Å². The average Bonchev–Trinajstić information content (AvgIpc) is 3.16. The Balaban J connectivity index is 1.66. The Hall–Kier alpha value is -2.14. The van der Waals surface area contributed by atoms with E-state index >= 15 is 0 Å². The zero-order valence-corrected chi connectivity index (χ0v) is 11.0. The summed E-state index contributed by atoms with van der Waals surface area (Å²) in [6, 6.07) is 5.98. The van der Waals surface area contributed by atoms with Crippen molar-refractivity contribution in [3.05, 3.63) is 37.0 Å². The summed E-state index contributed by atoms with van der Waals surface area (Å²) in [4.78, 5) is 4.18. The van der Waals surface area contributed by atoms with Crippen molar-refractivity contribution < 1.29 is 9.15 Å². The largest absolute Gasteiger partial charge is 0.443 e. The van der Waals surface area contributed by atoms with E-state index in [0.29, 0.717) is 0 Å². The number of ether oxygens (including phenoxy) is 1. The SMILES string of the molecule is c1nc2cc(-c3cnn(C4CCCCO4)c3)ccc2o1. The molecule has 0 aliphatic carbocycles. The van der Waals surface area contributed by atoms with Crippen molar-refractivity contribution in [2.75, 3.05) is 6.61 Å². The van der Waals surface area contributed by atoms with Crippen molar-refractivity contribution in [2.24, 2.45) is 0 Å². The molecule has 0 amide bonds. The minimum Gasteiger partial charge on any atom is -0.443 e. The number of rotatable bonds is 2. The van der Waals surface area contributed by atoms with Crippen molar-refractivity contribution in [3.63, 3.8) is 0 Å². The Bertz CT molecular complexity index is 725. The monoisotopic (exact) mass is 269 g/mol. The van der Waals surface area contributed by atoms with Crippen molar-refractivity contribution >= 4 is 11.1 Å². The number of fused-ring (bicyclic) bond motifs is 1. The summed E-state index contributed by atoms with van der Waals surface area (Å²) in [6.45, 7) is 0.824. The maximum atomic E-state index is 5.74. The Morgan fingerprint density at radius 3 is 3.10 bits per heavy atom. The highest BCUT2D eigenvalue weighted by atomic mass is 16.5. The molecule has 0 spiro atoms. The summed E-state index contributed by atoms with van der Waals surface area (Å²) in [6.07, 6.45) is 8.83. The van der Waals surface area contributed by atoms with Gasteiger partial charge in [0, 0.05) is 18.4 Å². The molecule has 1 fully saturated rings. The molecule has 2 aromatic heterocycles. The van der Waals surface area contributed by atoms with Gasteiger partial charge in [-0.2, -0.15) is 5.10 Å². The summed E-state index contributed by atoms with van der Waals surface area (Å²) in [5.41, 5.74) is 3.83. The molecule has 1 atom stereocenters. The lowest BCUT2D eigenvalue weighted by Gasteiger charge is -2.22. The van der Waals surface area contributed by atoms with Gasteiger partial charge in [-0.25, -0.2) is 9.67 Å². The summed E-state index contributed by atoms with van der Waals surface area (Å²) >= 11 is 0. The fourth-order valence-electron chi connectivity index (χ4n) is 2.61. The van der Waals surface area contributed by atoms with Crippen molar-refractivity contribution in [1.82, 2.24) is 14.8 Å². The lowest BCUT2D eigenvalue weighted by molar-refractivity contribution is -0.0394. The Morgan fingerprint density at radius 2 is 2.20 bits per heavy atom. The highest BCUT2D eigenvalue weighted by molar-refractivity contribution is 5.79. The lowest BCUT2D eigenvalue weighted by Crippen LogP contribution is -2.18. The molecule has 3 heterocycles. The predicted octanol–water partition coefficient (Wildman–Crippen LogP) is 3.39. The van der Waals surface area contributed by atoms with Crippen LogP contribution in [0.1, 0.15) is 25.5 Å². The molecule has 5 nitrogen and oxygen atoms in total. The van der Waals surface area contributed by atoms with Crippen LogP contribution in [0.5, 0.6) is 0 Å². The van der Waals surface area contributed by atoms with Gasteiger partial charge in [-0.05, 0) is 37.0 Å². The van der Waals surface area contributed by atoms with Crippen LogP contribution in [-0.2, 0) is 4.74 Å². The van der Waals surface area contributed by atoms with Gasteiger partial charge >= 0.3 is 0 Å². The van der Waals surface area contributed by atoms with E-state index in [2.05, 4.69) is 10.1 Å². The Labute approximate surface area is 116 Å². The second kappa shape index (κ2) is 4.76. The van der Waals surface area contributed by atoms with E-state index in [0.717, 1.165) is 41.7 Å². The van der Waals surface area contributed by atoms with Gasteiger partial charge < -0.3 is 9.15 Å². The topological polar surface area (TPSA) is 53.1 Å². The van der Waals surface area contributed by atoms with E-state index in [1.165, 1.54) is 12.8 Å². The molecular formula is C15H15N3O2. The first-order valence-electron chi connectivity index (χ1n) is 6.89. The third kappa shape index (κ3) is 2.00. The Kier molecular flexibility index (Phi) is 2.77. The van der Waals surface area contributed by atoms with Crippen LogP contribution < -0.4 is 0 Å². The van der Waals surface area contributed by atoms with Gasteiger partial charge in [0.25, 0.3) is 0 Å². The van der Waals surface area contributed by atoms with Gasteiger partial charge in [0.2, 0.25) is 0 Å².